The van der Waals surface area contributed by atoms with Crippen LogP contribution in [0.2, 0.25) is 0 Å². The number of nitrogens with one attached hydrogen (secondary N) is 1. The summed E-state index contributed by atoms with van der Waals surface area (Å²) in [5.41, 5.74) is 1.58. The van der Waals surface area contributed by atoms with E-state index in [4.69, 9.17) is 4.74 Å². The summed E-state index contributed by atoms with van der Waals surface area (Å²) in [6.45, 7) is 2.32. The van der Waals surface area contributed by atoms with Gasteiger partial charge in [0.1, 0.15) is 11.3 Å². The molecule has 0 radical (unpaired) electrons. The monoisotopic (exact) mass is 314 g/mol. The van der Waals surface area contributed by atoms with Crippen LogP contribution in [0.5, 0.6) is 5.75 Å². The molecule has 1 aliphatic carbocycles. The van der Waals surface area contributed by atoms with Crippen molar-refractivity contribution in [3.63, 3.8) is 0 Å². The fraction of sp³-hybridized carbons (Fsp3) is 0.444. The summed E-state index contributed by atoms with van der Waals surface area (Å²) in [5, 5.41) is 2.94. The van der Waals surface area contributed by atoms with Gasteiger partial charge in [0.05, 0.1) is 13.7 Å². The summed E-state index contributed by atoms with van der Waals surface area (Å²) in [6.07, 6.45) is 5.24. The SMILES string of the molecule is CC=C1CCC2(CC1)NC(=O)N(Cc1ccc(OC)cc1)C2=O. The molecule has 2 aliphatic rings. The van der Waals surface area contributed by atoms with Crippen molar-refractivity contribution in [1.82, 2.24) is 10.2 Å². The lowest BCUT2D eigenvalue weighted by atomic mass is 9.79. The van der Waals surface area contributed by atoms with Gasteiger partial charge in [-0.25, -0.2) is 4.79 Å². The second-order valence-electron chi connectivity index (χ2n) is 6.20. The van der Waals surface area contributed by atoms with Gasteiger partial charge in [0.2, 0.25) is 0 Å². The normalized spacial score (nSPS) is 24.1. The Kier molecular flexibility index (Phi) is 4.11. The minimum atomic E-state index is -0.698. The van der Waals surface area contributed by atoms with Crippen LogP contribution >= 0.6 is 0 Å². The molecule has 1 spiro atoms. The highest BCUT2D eigenvalue weighted by atomic mass is 16.5. The standard InChI is InChI=1S/C18H22N2O3/c1-3-13-8-10-18(11-9-13)16(21)20(17(22)19-18)12-14-4-6-15(23-2)7-5-14/h3-7H,8-12H2,1-2H3,(H,19,22). The number of hydrogen-bond donors (Lipinski definition) is 1. The van der Waals surface area contributed by atoms with Crippen molar-refractivity contribution in [2.24, 2.45) is 0 Å². The van der Waals surface area contributed by atoms with E-state index in [2.05, 4.69) is 11.4 Å². The highest BCUT2D eigenvalue weighted by Gasteiger charge is 2.51. The zero-order valence-electron chi connectivity index (χ0n) is 13.6. The van der Waals surface area contributed by atoms with E-state index in [1.807, 2.05) is 31.2 Å². The molecule has 1 aliphatic heterocycles. The van der Waals surface area contributed by atoms with Gasteiger partial charge >= 0.3 is 6.03 Å². The second-order valence-corrected chi connectivity index (χ2v) is 6.20. The van der Waals surface area contributed by atoms with E-state index < -0.39 is 5.54 Å². The van der Waals surface area contributed by atoms with Gasteiger partial charge in [-0.15, -0.1) is 0 Å². The Balaban J connectivity index is 1.73. The highest BCUT2D eigenvalue weighted by molar-refractivity contribution is 6.07. The number of rotatable bonds is 3. The molecule has 1 saturated carbocycles. The number of benzene rings is 1. The molecule has 3 amide bonds. The fourth-order valence-corrected chi connectivity index (χ4v) is 3.36. The van der Waals surface area contributed by atoms with E-state index in [9.17, 15) is 9.59 Å². The zero-order chi connectivity index (χ0) is 16.4. The summed E-state index contributed by atoms with van der Waals surface area (Å²) in [5.74, 6) is 0.669. The van der Waals surface area contributed by atoms with Crippen molar-refractivity contribution in [2.75, 3.05) is 7.11 Å². The van der Waals surface area contributed by atoms with E-state index in [1.54, 1.807) is 7.11 Å². The van der Waals surface area contributed by atoms with Crippen molar-refractivity contribution in [1.29, 1.82) is 0 Å². The quantitative estimate of drug-likeness (QED) is 0.689. The molecule has 1 aromatic rings. The maximum Gasteiger partial charge on any atom is 0.325 e. The van der Waals surface area contributed by atoms with Crippen molar-refractivity contribution in [3.05, 3.63) is 41.5 Å². The molecule has 1 N–H and O–H groups in total. The number of urea groups is 1. The number of hydrogen-bond acceptors (Lipinski definition) is 3. The molecule has 0 atom stereocenters. The van der Waals surface area contributed by atoms with Crippen LogP contribution in [0.25, 0.3) is 0 Å². The predicted molar refractivity (Wildman–Crippen MR) is 87.0 cm³/mol. The van der Waals surface area contributed by atoms with Crippen LogP contribution in [-0.2, 0) is 11.3 Å². The summed E-state index contributed by atoms with van der Waals surface area (Å²) < 4.78 is 5.13. The van der Waals surface area contributed by atoms with Crippen molar-refractivity contribution >= 4 is 11.9 Å². The predicted octanol–water partition coefficient (Wildman–Crippen LogP) is 3.01. The number of nitrogens with zero attached hydrogens (tertiary/aromatic N) is 1. The van der Waals surface area contributed by atoms with Crippen LogP contribution < -0.4 is 10.1 Å². The van der Waals surface area contributed by atoms with Crippen molar-refractivity contribution in [2.45, 2.75) is 44.7 Å². The topological polar surface area (TPSA) is 58.6 Å². The fourth-order valence-electron chi connectivity index (χ4n) is 3.36. The van der Waals surface area contributed by atoms with Gasteiger partial charge in [-0.05, 0) is 50.3 Å². The third-order valence-electron chi connectivity index (χ3n) is 4.90. The number of carbonyl (C=O) groups excluding carboxylic acids is 2. The Morgan fingerprint density at radius 1 is 1.22 bits per heavy atom. The van der Waals surface area contributed by atoms with E-state index in [0.717, 1.165) is 24.2 Å². The van der Waals surface area contributed by atoms with Crippen molar-refractivity contribution in [3.8, 4) is 5.75 Å². The number of methoxy groups -OCH3 is 1. The third kappa shape index (κ3) is 2.83. The van der Waals surface area contributed by atoms with Gasteiger partial charge in [0, 0.05) is 0 Å². The van der Waals surface area contributed by atoms with Gasteiger partial charge < -0.3 is 10.1 Å². The molecule has 0 aromatic heterocycles. The first-order valence-corrected chi connectivity index (χ1v) is 7.99. The minimum absolute atomic E-state index is 0.0894. The van der Waals surface area contributed by atoms with E-state index in [1.165, 1.54) is 10.5 Å². The van der Waals surface area contributed by atoms with Crippen LogP contribution in [-0.4, -0.2) is 29.5 Å². The first-order chi connectivity index (χ1) is 11.1. The first kappa shape index (κ1) is 15.6. The Hall–Kier alpha value is -2.30. The molecule has 0 bridgehead atoms. The van der Waals surface area contributed by atoms with Gasteiger partial charge in [0.25, 0.3) is 5.91 Å². The molecular weight excluding hydrogens is 292 g/mol. The maximum absolute atomic E-state index is 12.8. The number of amides is 3. The Labute approximate surface area is 136 Å². The van der Waals surface area contributed by atoms with Crippen LogP contribution in [0.3, 0.4) is 0 Å². The summed E-state index contributed by atoms with van der Waals surface area (Å²) in [7, 11) is 1.61. The molecule has 0 unspecified atom stereocenters. The third-order valence-corrected chi connectivity index (χ3v) is 4.90. The molecule has 5 heteroatoms. The summed E-state index contributed by atoms with van der Waals surface area (Å²) in [6, 6.07) is 7.15. The lowest BCUT2D eigenvalue weighted by Crippen LogP contribution is -2.48. The molecule has 122 valence electrons. The lowest BCUT2D eigenvalue weighted by molar-refractivity contribution is -0.132. The van der Waals surface area contributed by atoms with Gasteiger partial charge in [0.15, 0.2) is 0 Å². The van der Waals surface area contributed by atoms with E-state index >= 15 is 0 Å². The van der Waals surface area contributed by atoms with Crippen LogP contribution in [0.15, 0.2) is 35.9 Å². The lowest BCUT2D eigenvalue weighted by Gasteiger charge is -2.32. The molecule has 2 fully saturated rings. The Bertz CT molecular complexity index is 639. The molecular formula is C18H22N2O3. The zero-order valence-corrected chi connectivity index (χ0v) is 13.6. The Morgan fingerprint density at radius 3 is 2.43 bits per heavy atom. The minimum Gasteiger partial charge on any atom is -0.497 e. The molecule has 1 aromatic carbocycles. The van der Waals surface area contributed by atoms with Crippen LogP contribution in [0.1, 0.15) is 38.2 Å². The average molecular weight is 314 g/mol. The molecule has 5 nitrogen and oxygen atoms in total. The Morgan fingerprint density at radius 2 is 1.87 bits per heavy atom. The largest absolute Gasteiger partial charge is 0.497 e. The molecule has 23 heavy (non-hydrogen) atoms. The number of ether oxygens (including phenoxy) is 1. The molecule has 1 heterocycles. The number of allylic oxidation sites excluding steroid dienone is 2. The smallest absolute Gasteiger partial charge is 0.325 e. The van der Waals surface area contributed by atoms with Gasteiger partial charge in [-0.2, -0.15) is 0 Å². The summed E-state index contributed by atoms with van der Waals surface area (Å²) in [4.78, 5) is 26.4. The maximum atomic E-state index is 12.8. The van der Waals surface area contributed by atoms with Gasteiger partial charge in [-0.1, -0.05) is 23.8 Å². The van der Waals surface area contributed by atoms with Crippen LogP contribution in [0.4, 0.5) is 4.79 Å². The van der Waals surface area contributed by atoms with E-state index in [0.29, 0.717) is 19.4 Å². The molecule has 1 saturated heterocycles. The van der Waals surface area contributed by atoms with Crippen molar-refractivity contribution < 1.29 is 14.3 Å². The number of imide groups is 1. The average Bonchev–Trinajstić information content (AvgIpc) is 2.81. The number of carbonyl (C=O) groups is 2. The second kappa shape index (κ2) is 6.07. The van der Waals surface area contributed by atoms with E-state index in [-0.39, 0.29) is 11.9 Å². The van der Waals surface area contributed by atoms with Gasteiger partial charge in [-0.3, -0.25) is 9.69 Å². The van der Waals surface area contributed by atoms with Crippen LogP contribution in [0, 0.1) is 0 Å². The first-order valence-electron chi connectivity index (χ1n) is 7.99. The summed E-state index contributed by atoms with van der Waals surface area (Å²) >= 11 is 0. The molecule has 3 rings (SSSR count). The highest BCUT2D eigenvalue weighted by Crippen LogP contribution is 2.36.